The Bertz CT molecular complexity index is 497. The van der Waals surface area contributed by atoms with E-state index >= 15 is 0 Å². The number of ether oxygens (including phenoxy) is 1. The Labute approximate surface area is 115 Å². The van der Waals surface area contributed by atoms with E-state index in [1.807, 2.05) is 0 Å². The quantitative estimate of drug-likeness (QED) is 0.894. The predicted molar refractivity (Wildman–Crippen MR) is 70.6 cm³/mol. The molecule has 0 aromatic heterocycles. The molecule has 1 amide bonds. The summed E-state index contributed by atoms with van der Waals surface area (Å²) in [5.41, 5.74) is 0.202. The molecule has 1 aromatic rings. The third kappa shape index (κ3) is 3.45. The van der Waals surface area contributed by atoms with E-state index in [4.69, 9.17) is 21.4 Å². The third-order valence-corrected chi connectivity index (χ3v) is 3.18. The molecule has 1 unspecified atom stereocenters. The second-order valence-corrected chi connectivity index (χ2v) is 4.78. The maximum absolute atomic E-state index is 12.0. The molecule has 1 fully saturated rings. The van der Waals surface area contributed by atoms with Gasteiger partial charge in [0.1, 0.15) is 6.10 Å². The van der Waals surface area contributed by atoms with Crippen molar-refractivity contribution >= 4 is 29.2 Å². The zero-order valence-corrected chi connectivity index (χ0v) is 10.9. The van der Waals surface area contributed by atoms with Crippen LogP contribution in [0.2, 0.25) is 5.02 Å². The van der Waals surface area contributed by atoms with E-state index in [1.54, 1.807) is 0 Å². The van der Waals surface area contributed by atoms with Crippen molar-refractivity contribution in [2.24, 2.45) is 0 Å². The number of aromatic carboxylic acids is 1. The molecule has 19 heavy (non-hydrogen) atoms. The molecule has 1 aliphatic rings. The van der Waals surface area contributed by atoms with Crippen molar-refractivity contribution in [1.82, 2.24) is 0 Å². The Hall–Kier alpha value is -1.59. The van der Waals surface area contributed by atoms with E-state index in [0.717, 1.165) is 12.8 Å². The van der Waals surface area contributed by atoms with Gasteiger partial charge in [-0.15, -0.1) is 0 Å². The molecular weight excluding hydrogens is 270 g/mol. The number of carbonyl (C=O) groups excluding carboxylic acids is 1. The van der Waals surface area contributed by atoms with Gasteiger partial charge in [-0.3, -0.25) is 4.79 Å². The number of carbonyl (C=O) groups is 2. The molecule has 5 nitrogen and oxygen atoms in total. The SMILES string of the molecule is O=C(O)c1ccc(Cl)cc1NC(=O)C1CCCCO1. The summed E-state index contributed by atoms with van der Waals surface area (Å²) in [5.74, 6) is -1.44. The fourth-order valence-corrected chi connectivity index (χ4v) is 2.14. The minimum Gasteiger partial charge on any atom is -0.478 e. The monoisotopic (exact) mass is 283 g/mol. The van der Waals surface area contributed by atoms with Crippen molar-refractivity contribution < 1.29 is 19.4 Å². The number of benzene rings is 1. The lowest BCUT2D eigenvalue weighted by Crippen LogP contribution is -2.33. The molecule has 102 valence electrons. The van der Waals surface area contributed by atoms with E-state index in [-0.39, 0.29) is 17.2 Å². The van der Waals surface area contributed by atoms with Crippen molar-refractivity contribution in [3.8, 4) is 0 Å². The predicted octanol–water partition coefficient (Wildman–Crippen LogP) is 2.55. The first-order valence-electron chi connectivity index (χ1n) is 6.03. The first-order chi connectivity index (χ1) is 9.08. The highest BCUT2D eigenvalue weighted by Gasteiger charge is 2.23. The minimum absolute atomic E-state index is 0.00793. The van der Waals surface area contributed by atoms with E-state index in [2.05, 4.69) is 5.32 Å². The Morgan fingerprint density at radius 3 is 2.79 bits per heavy atom. The van der Waals surface area contributed by atoms with E-state index < -0.39 is 12.1 Å². The van der Waals surface area contributed by atoms with Crippen molar-refractivity contribution in [1.29, 1.82) is 0 Å². The second kappa shape index (κ2) is 6.04. The highest BCUT2D eigenvalue weighted by molar-refractivity contribution is 6.31. The topological polar surface area (TPSA) is 75.6 Å². The molecule has 1 aromatic carbocycles. The Morgan fingerprint density at radius 1 is 1.37 bits per heavy atom. The molecule has 0 bridgehead atoms. The molecular formula is C13H14ClNO4. The highest BCUT2D eigenvalue weighted by Crippen LogP contribution is 2.22. The van der Waals surface area contributed by atoms with Gasteiger partial charge in [0.2, 0.25) is 0 Å². The largest absolute Gasteiger partial charge is 0.478 e. The van der Waals surface area contributed by atoms with Crippen LogP contribution in [0, 0.1) is 0 Å². The molecule has 2 N–H and O–H groups in total. The second-order valence-electron chi connectivity index (χ2n) is 4.34. The van der Waals surface area contributed by atoms with Crippen molar-refractivity contribution in [2.45, 2.75) is 25.4 Å². The average Bonchev–Trinajstić information content (AvgIpc) is 2.39. The number of amides is 1. The Morgan fingerprint density at radius 2 is 2.16 bits per heavy atom. The van der Waals surface area contributed by atoms with Gasteiger partial charge in [0.15, 0.2) is 0 Å². The van der Waals surface area contributed by atoms with Gasteiger partial charge >= 0.3 is 5.97 Å². The Kier molecular flexibility index (Phi) is 4.39. The van der Waals surface area contributed by atoms with Crippen LogP contribution >= 0.6 is 11.6 Å². The van der Waals surface area contributed by atoms with Gasteiger partial charge < -0.3 is 15.2 Å². The van der Waals surface area contributed by atoms with Crippen LogP contribution in [0.5, 0.6) is 0 Å². The van der Waals surface area contributed by atoms with Crippen LogP contribution in [-0.4, -0.2) is 29.7 Å². The first kappa shape index (κ1) is 13.8. The van der Waals surface area contributed by atoms with Crippen LogP contribution in [0.25, 0.3) is 0 Å². The van der Waals surface area contributed by atoms with Gasteiger partial charge in [-0.1, -0.05) is 11.6 Å². The number of hydrogen-bond acceptors (Lipinski definition) is 3. The molecule has 6 heteroatoms. The lowest BCUT2D eigenvalue weighted by Gasteiger charge is -2.22. The van der Waals surface area contributed by atoms with Gasteiger partial charge in [-0.2, -0.15) is 0 Å². The van der Waals surface area contributed by atoms with Crippen molar-refractivity contribution in [3.63, 3.8) is 0 Å². The van der Waals surface area contributed by atoms with Gasteiger partial charge in [-0.05, 0) is 37.5 Å². The number of halogens is 1. The van der Waals surface area contributed by atoms with Crippen LogP contribution in [0.4, 0.5) is 5.69 Å². The molecule has 2 rings (SSSR count). The van der Waals surface area contributed by atoms with Crippen LogP contribution in [-0.2, 0) is 9.53 Å². The highest BCUT2D eigenvalue weighted by atomic mass is 35.5. The summed E-state index contributed by atoms with van der Waals surface area (Å²) >= 11 is 5.82. The summed E-state index contributed by atoms with van der Waals surface area (Å²) in [6.45, 7) is 0.555. The van der Waals surface area contributed by atoms with Crippen molar-refractivity contribution in [3.05, 3.63) is 28.8 Å². The first-order valence-corrected chi connectivity index (χ1v) is 6.41. The van der Waals surface area contributed by atoms with Crippen LogP contribution in [0.1, 0.15) is 29.6 Å². The fourth-order valence-electron chi connectivity index (χ4n) is 1.97. The zero-order valence-electron chi connectivity index (χ0n) is 10.2. The minimum atomic E-state index is -1.11. The average molecular weight is 284 g/mol. The smallest absolute Gasteiger partial charge is 0.337 e. The molecule has 1 saturated heterocycles. The molecule has 1 atom stereocenters. The van der Waals surface area contributed by atoms with Gasteiger partial charge in [0.05, 0.1) is 11.3 Å². The number of carboxylic acid groups (broad SMARTS) is 1. The van der Waals surface area contributed by atoms with Crippen LogP contribution < -0.4 is 5.32 Å². The van der Waals surface area contributed by atoms with Crippen LogP contribution in [0.15, 0.2) is 18.2 Å². The number of anilines is 1. The lowest BCUT2D eigenvalue weighted by molar-refractivity contribution is -0.129. The van der Waals surface area contributed by atoms with Gasteiger partial charge in [0, 0.05) is 11.6 Å². The van der Waals surface area contributed by atoms with Crippen LogP contribution in [0.3, 0.4) is 0 Å². The number of carboxylic acids is 1. The molecule has 0 radical (unpaired) electrons. The van der Waals surface area contributed by atoms with E-state index in [9.17, 15) is 9.59 Å². The van der Waals surface area contributed by atoms with Crippen molar-refractivity contribution in [2.75, 3.05) is 11.9 Å². The maximum atomic E-state index is 12.0. The van der Waals surface area contributed by atoms with E-state index in [0.29, 0.717) is 18.1 Å². The van der Waals surface area contributed by atoms with Gasteiger partial charge in [0.25, 0.3) is 5.91 Å². The Balaban J connectivity index is 2.15. The molecule has 1 aliphatic heterocycles. The summed E-state index contributed by atoms with van der Waals surface area (Å²) in [4.78, 5) is 23.0. The van der Waals surface area contributed by atoms with Gasteiger partial charge in [-0.25, -0.2) is 4.79 Å². The summed E-state index contributed by atoms with van der Waals surface area (Å²) < 4.78 is 5.35. The number of rotatable bonds is 3. The molecule has 0 aliphatic carbocycles. The third-order valence-electron chi connectivity index (χ3n) is 2.94. The number of nitrogens with one attached hydrogen (secondary N) is 1. The lowest BCUT2D eigenvalue weighted by atomic mass is 10.1. The summed E-state index contributed by atoms with van der Waals surface area (Å²) in [5, 5.41) is 12.0. The molecule has 0 saturated carbocycles. The normalized spacial score (nSPS) is 18.9. The fraction of sp³-hybridized carbons (Fsp3) is 0.385. The van der Waals surface area contributed by atoms with E-state index in [1.165, 1.54) is 18.2 Å². The molecule has 0 spiro atoms. The zero-order chi connectivity index (χ0) is 13.8. The standard InChI is InChI=1S/C13H14ClNO4/c14-8-4-5-9(13(17)18)10(7-8)15-12(16)11-3-1-2-6-19-11/h4-5,7,11H,1-3,6H2,(H,15,16)(H,17,18). The summed E-state index contributed by atoms with van der Waals surface area (Å²) in [7, 11) is 0. The molecule has 1 heterocycles. The summed E-state index contributed by atoms with van der Waals surface area (Å²) in [6, 6.07) is 4.26. The number of hydrogen-bond donors (Lipinski definition) is 2. The maximum Gasteiger partial charge on any atom is 0.337 e. The summed E-state index contributed by atoms with van der Waals surface area (Å²) in [6.07, 6.45) is 2.00.